The fourth-order valence-corrected chi connectivity index (χ4v) is 5.13. The molecule has 3 fully saturated rings. The molecule has 4 heterocycles. The molecule has 2 aromatic rings. The molecule has 152 valence electrons. The van der Waals surface area contributed by atoms with E-state index in [0.717, 1.165) is 43.2 Å². The maximum absolute atomic E-state index is 12.3. The van der Waals surface area contributed by atoms with Crippen molar-refractivity contribution in [2.75, 3.05) is 50.8 Å². The third-order valence-electron chi connectivity index (χ3n) is 5.89. The van der Waals surface area contributed by atoms with Gasteiger partial charge in [-0.3, -0.25) is 0 Å². The molecule has 0 unspecified atom stereocenters. The number of nitrogens with one attached hydrogen (secondary N) is 1. The number of fused-ring (bicyclic) bond motifs is 1. The normalized spacial score (nSPS) is 22.4. The van der Waals surface area contributed by atoms with Crippen LogP contribution in [-0.4, -0.2) is 78.5 Å². The van der Waals surface area contributed by atoms with Gasteiger partial charge in [-0.25, -0.2) is 4.72 Å². The predicted molar refractivity (Wildman–Crippen MR) is 102 cm³/mol. The van der Waals surface area contributed by atoms with Crippen molar-refractivity contribution in [2.45, 2.75) is 25.2 Å². The lowest BCUT2D eigenvalue weighted by molar-refractivity contribution is 0.0724. The number of nitrogens with zero attached hydrogens (tertiary/aromatic N) is 6. The van der Waals surface area contributed by atoms with Gasteiger partial charge < -0.3 is 9.64 Å². The SMILES string of the molecule is O=S(=O)(NCC1CN(c2ccc3nnc(C4CCC4)n3n2)C1)N1CCOCC1. The fraction of sp³-hybridized carbons (Fsp3) is 0.706. The van der Waals surface area contributed by atoms with Crippen molar-refractivity contribution in [3.63, 3.8) is 0 Å². The van der Waals surface area contributed by atoms with E-state index in [0.29, 0.717) is 38.8 Å². The molecule has 0 aromatic carbocycles. The summed E-state index contributed by atoms with van der Waals surface area (Å²) in [4.78, 5) is 2.16. The zero-order valence-corrected chi connectivity index (χ0v) is 16.5. The second-order valence-electron chi connectivity index (χ2n) is 7.78. The summed E-state index contributed by atoms with van der Waals surface area (Å²) in [5, 5.41) is 13.3. The molecule has 1 N–H and O–H groups in total. The lowest BCUT2D eigenvalue weighted by atomic mass is 9.85. The Labute approximate surface area is 164 Å². The quantitative estimate of drug-likeness (QED) is 0.718. The second kappa shape index (κ2) is 7.21. The molecule has 0 radical (unpaired) electrons. The highest BCUT2D eigenvalue weighted by Crippen LogP contribution is 2.35. The average molecular weight is 408 g/mol. The van der Waals surface area contributed by atoms with Crippen LogP contribution in [0.5, 0.6) is 0 Å². The number of hydrogen-bond acceptors (Lipinski definition) is 7. The Hall–Kier alpha value is -1.82. The molecule has 2 aliphatic heterocycles. The summed E-state index contributed by atoms with van der Waals surface area (Å²) in [6, 6.07) is 3.91. The first-order chi connectivity index (χ1) is 13.6. The van der Waals surface area contributed by atoms with E-state index in [1.165, 1.54) is 10.7 Å². The summed E-state index contributed by atoms with van der Waals surface area (Å²) in [5.41, 5.74) is 0.779. The van der Waals surface area contributed by atoms with Crippen molar-refractivity contribution in [2.24, 2.45) is 5.92 Å². The highest BCUT2D eigenvalue weighted by Gasteiger charge is 2.32. The number of rotatable bonds is 6. The minimum Gasteiger partial charge on any atom is -0.379 e. The topological polar surface area (TPSA) is 105 Å². The van der Waals surface area contributed by atoms with E-state index in [2.05, 4.69) is 19.8 Å². The summed E-state index contributed by atoms with van der Waals surface area (Å²) in [7, 11) is -3.42. The summed E-state index contributed by atoms with van der Waals surface area (Å²) in [5.74, 6) is 2.59. The van der Waals surface area contributed by atoms with Gasteiger partial charge in [0.15, 0.2) is 11.5 Å². The molecular weight excluding hydrogens is 382 g/mol. The Kier molecular flexibility index (Phi) is 4.69. The van der Waals surface area contributed by atoms with Gasteiger partial charge in [0.1, 0.15) is 5.82 Å². The van der Waals surface area contributed by atoms with Crippen LogP contribution in [0.15, 0.2) is 12.1 Å². The predicted octanol–water partition coefficient (Wildman–Crippen LogP) is -0.00540. The van der Waals surface area contributed by atoms with Gasteiger partial charge >= 0.3 is 0 Å². The average Bonchev–Trinajstić information content (AvgIpc) is 3.03. The molecule has 10 nitrogen and oxygen atoms in total. The molecule has 2 saturated heterocycles. The van der Waals surface area contributed by atoms with Crippen LogP contribution >= 0.6 is 0 Å². The van der Waals surface area contributed by atoms with Gasteiger partial charge in [0, 0.05) is 44.6 Å². The summed E-state index contributed by atoms with van der Waals surface area (Å²) < 4.78 is 36.0. The third-order valence-corrected chi connectivity index (χ3v) is 7.47. The van der Waals surface area contributed by atoms with Gasteiger partial charge in [-0.05, 0) is 25.0 Å². The monoisotopic (exact) mass is 407 g/mol. The van der Waals surface area contributed by atoms with Crippen molar-refractivity contribution < 1.29 is 13.2 Å². The maximum Gasteiger partial charge on any atom is 0.279 e. The van der Waals surface area contributed by atoms with Gasteiger partial charge in [-0.2, -0.15) is 17.2 Å². The van der Waals surface area contributed by atoms with E-state index in [4.69, 9.17) is 9.84 Å². The van der Waals surface area contributed by atoms with Gasteiger partial charge in [-0.15, -0.1) is 15.3 Å². The number of anilines is 1. The molecule has 1 aliphatic carbocycles. The molecule has 0 spiro atoms. The van der Waals surface area contributed by atoms with Crippen LogP contribution in [0.4, 0.5) is 5.82 Å². The lowest BCUT2D eigenvalue weighted by Crippen LogP contribution is -2.54. The summed E-state index contributed by atoms with van der Waals surface area (Å²) in [6.45, 7) is 3.75. The first-order valence-corrected chi connectivity index (χ1v) is 11.3. The van der Waals surface area contributed by atoms with E-state index in [1.54, 1.807) is 0 Å². The molecule has 5 rings (SSSR count). The minimum absolute atomic E-state index is 0.278. The van der Waals surface area contributed by atoms with Crippen LogP contribution in [0, 0.1) is 5.92 Å². The Bertz CT molecular complexity index is 947. The van der Waals surface area contributed by atoms with Crippen molar-refractivity contribution in [1.29, 1.82) is 0 Å². The first kappa shape index (κ1) is 18.2. The molecule has 1 saturated carbocycles. The molecule has 2 aromatic heterocycles. The van der Waals surface area contributed by atoms with Crippen LogP contribution in [0.2, 0.25) is 0 Å². The van der Waals surface area contributed by atoms with Crippen LogP contribution in [0.1, 0.15) is 31.0 Å². The molecule has 3 aliphatic rings. The van der Waals surface area contributed by atoms with Crippen LogP contribution in [-0.2, 0) is 14.9 Å². The Morgan fingerprint density at radius 2 is 1.93 bits per heavy atom. The van der Waals surface area contributed by atoms with Crippen LogP contribution < -0.4 is 9.62 Å². The highest BCUT2D eigenvalue weighted by molar-refractivity contribution is 7.87. The molecule has 11 heteroatoms. The highest BCUT2D eigenvalue weighted by atomic mass is 32.2. The molecule has 28 heavy (non-hydrogen) atoms. The van der Waals surface area contributed by atoms with Gasteiger partial charge in [0.2, 0.25) is 0 Å². The maximum atomic E-state index is 12.3. The van der Waals surface area contributed by atoms with Gasteiger partial charge in [0.05, 0.1) is 13.2 Å². The van der Waals surface area contributed by atoms with Crippen LogP contribution in [0.3, 0.4) is 0 Å². The van der Waals surface area contributed by atoms with Crippen molar-refractivity contribution in [3.8, 4) is 0 Å². The number of ether oxygens (including phenoxy) is 1. The standard InChI is InChI=1S/C17H25N7O3S/c25-28(26,23-6-8-27-9-7-23)18-10-13-11-22(12-13)16-5-4-15-19-20-17(24(15)21-16)14-2-1-3-14/h4-5,13-14,18H,1-3,6-12H2. The van der Waals surface area contributed by atoms with Gasteiger partial charge in [0.25, 0.3) is 10.2 Å². The summed E-state index contributed by atoms with van der Waals surface area (Å²) in [6.07, 6.45) is 3.55. The van der Waals surface area contributed by atoms with E-state index in [9.17, 15) is 8.42 Å². The van der Waals surface area contributed by atoms with E-state index >= 15 is 0 Å². The summed E-state index contributed by atoms with van der Waals surface area (Å²) >= 11 is 0. The third kappa shape index (κ3) is 3.36. The number of aromatic nitrogens is 4. The van der Waals surface area contributed by atoms with E-state index in [-0.39, 0.29) is 5.92 Å². The van der Waals surface area contributed by atoms with Crippen molar-refractivity contribution in [3.05, 3.63) is 18.0 Å². The zero-order valence-electron chi connectivity index (χ0n) is 15.7. The Morgan fingerprint density at radius 3 is 2.64 bits per heavy atom. The molecule has 0 bridgehead atoms. The Morgan fingerprint density at radius 1 is 1.14 bits per heavy atom. The molecule has 0 atom stereocenters. The van der Waals surface area contributed by atoms with Crippen LogP contribution in [0.25, 0.3) is 5.65 Å². The van der Waals surface area contributed by atoms with E-state index < -0.39 is 10.2 Å². The lowest BCUT2D eigenvalue weighted by Gasteiger charge is -2.40. The second-order valence-corrected chi connectivity index (χ2v) is 9.54. The molecule has 0 amide bonds. The zero-order chi connectivity index (χ0) is 19.1. The van der Waals surface area contributed by atoms with Gasteiger partial charge in [-0.1, -0.05) is 6.42 Å². The largest absolute Gasteiger partial charge is 0.379 e. The Balaban J connectivity index is 1.19. The van der Waals surface area contributed by atoms with Crippen molar-refractivity contribution in [1.82, 2.24) is 28.8 Å². The van der Waals surface area contributed by atoms with E-state index in [1.807, 2.05) is 16.6 Å². The molecular formula is C17H25N7O3S. The number of morpholine rings is 1. The number of hydrogen-bond donors (Lipinski definition) is 1. The minimum atomic E-state index is -3.42. The fourth-order valence-electron chi connectivity index (χ4n) is 3.87. The van der Waals surface area contributed by atoms with Crippen molar-refractivity contribution >= 4 is 21.7 Å². The smallest absolute Gasteiger partial charge is 0.279 e. The first-order valence-electron chi connectivity index (χ1n) is 9.90.